The van der Waals surface area contributed by atoms with Gasteiger partial charge < -0.3 is 25.1 Å². The van der Waals surface area contributed by atoms with E-state index in [9.17, 15) is 19.2 Å². The molecule has 0 aliphatic heterocycles. The smallest absolute Gasteiger partial charge is 0.355 e. The number of esters is 2. The van der Waals surface area contributed by atoms with Gasteiger partial charge in [0.1, 0.15) is 5.69 Å². The van der Waals surface area contributed by atoms with E-state index in [4.69, 9.17) is 15.2 Å². The van der Waals surface area contributed by atoms with E-state index in [-0.39, 0.29) is 24.2 Å². The van der Waals surface area contributed by atoms with Gasteiger partial charge in [-0.05, 0) is 31.5 Å². The normalized spacial score (nSPS) is 10.3. The summed E-state index contributed by atoms with van der Waals surface area (Å²) in [6.45, 7) is 2.72. The summed E-state index contributed by atoms with van der Waals surface area (Å²) in [5, 5.41) is 0. The molecule has 2 amide bonds. The number of nitrogens with zero attached hydrogens (tertiary/aromatic N) is 1. The van der Waals surface area contributed by atoms with Gasteiger partial charge >= 0.3 is 11.9 Å². The lowest BCUT2D eigenvalue weighted by atomic mass is 10.1. The number of carbonyl (C=O) groups excluding carboxylic acids is 4. The Labute approximate surface area is 167 Å². The zero-order valence-electron chi connectivity index (χ0n) is 16.5. The second-order valence-corrected chi connectivity index (χ2v) is 6.29. The molecule has 9 nitrogen and oxygen atoms in total. The number of rotatable bonds is 8. The van der Waals surface area contributed by atoms with E-state index in [2.05, 4.69) is 4.98 Å². The zero-order chi connectivity index (χ0) is 21.6. The highest BCUT2D eigenvalue weighted by Gasteiger charge is 2.25. The van der Waals surface area contributed by atoms with E-state index in [0.29, 0.717) is 16.9 Å². The van der Waals surface area contributed by atoms with E-state index >= 15 is 0 Å². The van der Waals surface area contributed by atoms with Crippen LogP contribution in [0.1, 0.15) is 38.5 Å². The van der Waals surface area contributed by atoms with E-state index in [1.165, 1.54) is 12.0 Å². The number of nitrogens with two attached hydrogens (primary N) is 1. The van der Waals surface area contributed by atoms with Crippen molar-refractivity contribution in [3.63, 3.8) is 0 Å². The molecule has 0 saturated carbocycles. The molecule has 0 fully saturated rings. The van der Waals surface area contributed by atoms with Crippen molar-refractivity contribution in [2.24, 2.45) is 5.73 Å². The van der Waals surface area contributed by atoms with Gasteiger partial charge in [0, 0.05) is 24.3 Å². The number of nitrogens with one attached hydrogen (secondary N) is 1. The van der Waals surface area contributed by atoms with Crippen LogP contribution in [0.4, 0.5) is 5.69 Å². The van der Waals surface area contributed by atoms with Crippen LogP contribution in [0, 0.1) is 13.8 Å². The second-order valence-electron chi connectivity index (χ2n) is 6.29. The molecule has 29 heavy (non-hydrogen) atoms. The second kappa shape index (κ2) is 9.54. The Kier molecular flexibility index (Phi) is 7.13. The SMILES string of the molecule is COC(=O)c1c(C)[nH]c(C(=O)OCC(=O)N(CCC(N)=O)c2ccccc2)c1C. The Balaban J connectivity index is 2.12. The van der Waals surface area contributed by atoms with Crippen LogP contribution in [0.2, 0.25) is 0 Å². The molecule has 2 aromatic rings. The minimum absolute atomic E-state index is 0.0357. The zero-order valence-corrected chi connectivity index (χ0v) is 16.5. The maximum Gasteiger partial charge on any atom is 0.355 e. The first kappa shape index (κ1) is 21.7. The number of H-pyrrole nitrogens is 1. The summed E-state index contributed by atoms with van der Waals surface area (Å²) in [4.78, 5) is 52.1. The molecule has 3 N–H and O–H groups in total. The van der Waals surface area contributed by atoms with Crippen molar-refractivity contribution in [2.75, 3.05) is 25.2 Å². The predicted molar refractivity (Wildman–Crippen MR) is 104 cm³/mol. The van der Waals surface area contributed by atoms with Crippen LogP contribution in [-0.4, -0.2) is 49.0 Å². The van der Waals surface area contributed by atoms with Crippen molar-refractivity contribution in [2.45, 2.75) is 20.3 Å². The number of hydrogen-bond donors (Lipinski definition) is 2. The van der Waals surface area contributed by atoms with Crippen LogP contribution in [0.5, 0.6) is 0 Å². The van der Waals surface area contributed by atoms with E-state index < -0.39 is 30.4 Å². The van der Waals surface area contributed by atoms with Crippen molar-refractivity contribution in [1.29, 1.82) is 0 Å². The molecular weight excluding hydrogens is 378 g/mol. The third kappa shape index (κ3) is 5.22. The fourth-order valence-electron chi connectivity index (χ4n) is 2.87. The highest BCUT2D eigenvalue weighted by Crippen LogP contribution is 2.20. The van der Waals surface area contributed by atoms with Crippen LogP contribution >= 0.6 is 0 Å². The molecule has 154 valence electrons. The average Bonchev–Trinajstić information content (AvgIpc) is 3.00. The minimum atomic E-state index is -0.781. The Morgan fingerprint density at radius 1 is 1.07 bits per heavy atom. The van der Waals surface area contributed by atoms with Crippen LogP contribution in [0.3, 0.4) is 0 Å². The van der Waals surface area contributed by atoms with Crippen molar-refractivity contribution < 1.29 is 28.7 Å². The third-order valence-corrected chi connectivity index (χ3v) is 4.31. The highest BCUT2D eigenvalue weighted by molar-refractivity contribution is 6.00. The summed E-state index contributed by atoms with van der Waals surface area (Å²) in [7, 11) is 1.25. The first-order valence-corrected chi connectivity index (χ1v) is 8.84. The number of para-hydroxylation sites is 1. The van der Waals surface area contributed by atoms with Crippen LogP contribution < -0.4 is 10.6 Å². The molecule has 0 radical (unpaired) electrons. The summed E-state index contributed by atoms with van der Waals surface area (Å²) in [5.74, 6) is -2.42. The van der Waals surface area contributed by atoms with Crippen molar-refractivity contribution in [3.05, 3.63) is 52.8 Å². The van der Waals surface area contributed by atoms with Gasteiger partial charge in [-0.2, -0.15) is 0 Å². The van der Waals surface area contributed by atoms with Crippen LogP contribution in [0.25, 0.3) is 0 Å². The lowest BCUT2D eigenvalue weighted by Gasteiger charge is -2.22. The Bertz CT molecular complexity index is 920. The average molecular weight is 401 g/mol. The van der Waals surface area contributed by atoms with Gasteiger partial charge in [-0.15, -0.1) is 0 Å². The Morgan fingerprint density at radius 3 is 2.31 bits per heavy atom. The number of hydrogen-bond acceptors (Lipinski definition) is 6. The first-order chi connectivity index (χ1) is 13.8. The molecule has 1 aromatic heterocycles. The van der Waals surface area contributed by atoms with E-state index in [1.807, 2.05) is 0 Å². The van der Waals surface area contributed by atoms with Crippen LogP contribution in [-0.2, 0) is 19.1 Å². The number of carbonyl (C=O) groups is 4. The van der Waals surface area contributed by atoms with E-state index in [1.54, 1.807) is 44.2 Å². The number of aromatic nitrogens is 1. The summed E-state index contributed by atoms with van der Waals surface area (Å²) in [5.41, 5.74) is 6.88. The van der Waals surface area contributed by atoms with Gasteiger partial charge in [0.25, 0.3) is 5.91 Å². The maximum atomic E-state index is 12.6. The van der Waals surface area contributed by atoms with Crippen molar-refractivity contribution in [1.82, 2.24) is 4.98 Å². The molecule has 2 rings (SSSR count). The Hall–Kier alpha value is -3.62. The highest BCUT2D eigenvalue weighted by atomic mass is 16.5. The van der Waals surface area contributed by atoms with Gasteiger partial charge in [0.15, 0.2) is 6.61 Å². The predicted octanol–water partition coefficient (Wildman–Crippen LogP) is 1.48. The summed E-state index contributed by atoms with van der Waals surface area (Å²) < 4.78 is 9.84. The molecule has 0 aliphatic carbocycles. The standard InChI is InChI=1S/C20H23N3O6/c1-12-17(19(26)28-3)13(2)22-18(12)20(27)29-11-16(25)23(10-9-15(21)24)14-7-5-4-6-8-14/h4-8,22H,9-11H2,1-3H3,(H2,21,24). The summed E-state index contributed by atoms with van der Waals surface area (Å²) >= 11 is 0. The number of anilines is 1. The van der Waals surface area contributed by atoms with Gasteiger partial charge in [-0.3, -0.25) is 9.59 Å². The number of ether oxygens (including phenoxy) is 2. The molecule has 9 heteroatoms. The lowest BCUT2D eigenvalue weighted by molar-refractivity contribution is -0.121. The van der Waals surface area contributed by atoms with Crippen molar-refractivity contribution in [3.8, 4) is 0 Å². The summed E-state index contributed by atoms with van der Waals surface area (Å²) in [6, 6.07) is 8.66. The molecule has 1 heterocycles. The third-order valence-electron chi connectivity index (χ3n) is 4.31. The van der Waals surface area contributed by atoms with Gasteiger partial charge in [0.05, 0.1) is 12.7 Å². The number of primary amides is 1. The Morgan fingerprint density at radius 2 is 1.72 bits per heavy atom. The topological polar surface area (TPSA) is 132 Å². The molecule has 0 unspecified atom stereocenters. The quantitative estimate of drug-likeness (QED) is 0.644. The number of amides is 2. The fourth-order valence-corrected chi connectivity index (χ4v) is 2.87. The number of methoxy groups -OCH3 is 1. The fraction of sp³-hybridized carbons (Fsp3) is 0.300. The van der Waals surface area contributed by atoms with Crippen molar-refractivity contribution >= 4 is 29.4 Å². The lowest BCUT2D eigenvalue weighted by Crippen LogP contribution is -2.37. The largest absolute Gasteiger partial charge is 0.465 e. The minimum Gasteiger partial charge on any atom is -0.465 e. The van der Waals surface area contributed by atoms with Gasteiger partial charge in [-0.25, -0.2) is 9.59 Å². The number of aryl methyl sites for hydroxylation is 1. The molecule has 0 spiro atoms. The maximum absolute atomic E-state index is 12.6. The van der Waals surface area contributed by atoms with Gasteiger partial charge in [-0.1, -0.05) is 18.2 Å². The number of aromatic amines is 1. The molecular formula is C20H23N3O6. The van der Waals surface area contributed by atoms with Gasteiger partial charge in [0.2, 0.25) is 5.91 Å². The monoisotopic (exact) mass is 401 g/mol. The molecule has 0 bridgehead atoms. The molecule has 0 atom stereocenters. The first-order valence-electron chi connectivity index (χ1n) is 8.84. The number of benzene rings is 1. The summed E-state index contributed by atoms with van der Waals surface area (Å²) in [6.07, 6.45) is -0.0357. The van der Waals surface area contributed by atoms with E-state index in [0.717, 1.165) is 0 Å². The molecule has 0 saturated heterocycles. The molecule has 1 aromatic carbocycles. The van der Waals surface area contributed by atoms with Crippen LogP contribution in [0.15, 0.2) is 30.3 Å². The molecule has 0 aliphatic rings.